The first-order valence-corrected chi connectivity index (χ1v) is 13.8. The van der Waals surface area contributed by atoms with Crippen molar-refractivity contribution in [1.82, 2.24) is 40.8 Å². The normalized spacial score (nSPS) is 23.1. The number of hydrogen-bond acceptors (Lipinski definition) is 15. The van der Waals surface area contributed by atoms with Crippen LogP contribution in [0.25, 0.3) is 0 Å². The number of nitrogen functional groups attached to an aromatic ring is 2. The van der Waals surface area contributed by atoms with E-state index < -0.39 is 35.3 Å². The number of aromatic nitrogens is 5. The number of carbonyl (C=O) groups excluding carboxylic acids is 3. The van der Waals surface area contributed by atoms with E-state index in [4.69, 9.17) is 16.4 Å². The zero-order chi connectivity index (χ0) is 27.0. The Labute approximate surface area is 225 Å². The third-order valence-electron chi connectivity index (χ3n) is 5.62. The van der Waals surface area contributed by atoms with Crippen LogP contribution in [0.3, 0.4) is 0 Å². The van der Waals surface area contributed by atoms with Crippen molar-refractivity contribution >= 4 is 69.4 Å². The SMILES string of the molecule is Nc1nc(/C(=N/OC2CCNC2=O)C(=O)N[C@@H]2C(=O)N3C(C(=O)O)=C(CSc4nnnn4N)CS[C@H]23)cs1. The van der Waals surface area contributed by atoms with Crippen LogP contribution < -0.4 is 22.2 Å². The molecule has 0 radical (unpaired) electrons. The van der Waals surface area contributed by atoms with Gasteiger partial charge >= 0.3 is 5.97 Å². The Kier molecular flexibility index (Phi) is 7.08. The highest BCUT2D eigenvalue weighted by Gasteiger charge is 2.54. The van der Waals surface area contributed by atoms with Crippen molar-refractivity contribution in [3.05, 3.63) is 22.3 Å². The number of fused-ring (bicyclic) bond motifs is 1. The van der Waals surface area contributed by atoms with E-state index in [-0.39, 0.29) is 44.8 Å². The van der Waals surface area contributed by atoms with Crippen LogP contribution in [0.2, 0.25) is 0 Å². The Bertz CT molecular complexity index is 1370. The first-order chi connectivity index (χ1) is 18.2. The molecular weight excluding hydrogens is 562 g/mol. The van der Waals surface area contributed by atoms with Crippen LogP contribution in [0.4, 0.5) is 5.13 Å². The predicted molar refractivity (Wildman–Crippen MR) is 134 cm³/mol. The first-order valence-electron chi connectivity index (χ1n) is 10.8. The zero-order valence-corrected chi connectivity index (χ0v) is 21.6. The van der Waals surface area contributed by atoms with Crippen molar-refractivity contribution in [2.45, 2.75) is 29.1 Å². The van der Waals surface area contributed by atoms with Crippen LogP contribution in [-0.2, 0) is 24.0 Å². The van der Waals surface area contributed by atoms with Gasteiger partial charge in [-0.3, -0.25) is 19.3 Å². The van der Waals surface area contributed by atoms with Gasteiger partial charge in [-0.05, 0) is 16.0 Å². The smallest absolute Gasteiger partial charge is 0.352 e. The maximum absolute atomic E-state index is 13.2. The number of carboxylic acid groups (broad SMARTS) is 1. The van der Waals surface area contributed by atoms with Gasteiger partial charge in [-0.25, -0.2) is 9.78 Å². The molecule has 3 aliphatic heterocycles. The molecule has 3 atom stereocenters. The standard InChI is InChI=1S/C18H19N11O6S3/c19-17-22-7(5-37-17)9(25-35-8-1-2-21-12(8)30)13(31)23-10-14(32)28-11(16(33)34)6(3-36-15(10)28)4-38-18-24-26-27-29(18)20/h5,8,10,15H,1-4,20H2,(H2,19,22)(H,21,30)(H,23,31)(H,33,34)/b25-9-/t8?,10-,15-/m1/s1. The lowest BCUT2D eigenvalue weighted by molar-refractivity contribution is -0.150. The van der Waals surface area contributed by atoms with Crippen LogP contribution in [0.1, 0.15) is 12.1 Å². The van der Waals surface area contributed by atoms with Crippen molar-refractivity contribution in [2.75, 3.05) is 29.6 Å². The number of rotatable bonds is 9. The highest BCUT2D eigenvalue weighted by atomic mass is 32.2. The number of tetrazole rings is 1. The van der Waals surface area contributed by atoms with Gasteiger partial charge in [0.1, 0.15) is 22.8 Å². The summed E-state index contributed by atoms with van der Waals surface area (Å²) in [6.07, 6.45) is -0.497. The number of nitrogens with one attached hydrogen (secondary N) is 2. The Morgan fingerprint density at radius 1 is 1.39 bits per heavy atom. The van der Waals surface area contributed by atoms with Gasteiger partial charge in [0.05, 0.1) is 0 Å². The second kappa shape index (κ2) is 10.5. The molecule has 2 fully saturated rings. The third kappa shape index (κ3) is 4.84. The van der Waals surface area contributed by atoms with Crippen LogP contribution >= 0.6 is 34.9 Å². The summed E-state index contributed by atoms with van der Waals surface area (Å²) < 4.78 is 0. The molecule has 200 valence electrons. The Morgan fingerprint density at radius 2 is 2.21 bits per heavy atom. The van der Waals surface area contributed by atoms with Gasteiger partial charge in [0.15, 0.2) is 10.8 Å². The van der Waals surface area contributed by atoms with Crippen molar-refractivity contribution < 1.29 is 29.1 Å². The number of nitrogens with zero attached hydrogens (tertiary/aromatic N) is 7. The van der Waals surface area contributed by atoms with Gasteiger partial charge in [-0.15, -0.1) is 27.9 Å². The second-order valence-electron chi connectivity index (χ2n) is 8.00. The van der Waals surface area contributed by atoms with E-state index in [0.29, 0.717) is 18.5 Å². The van der Waals surface area contributed by atoms with Gasteiger partial charge < -0.3 is 32.2 Å². The monoisotopic (exact) mass is 581 g/mol. The number of oxime groups is 1. The number of thioether (sulfide) groups is 2. The molecule has 1 unspecified atom stereocenters. The summed E-state index contributed by atoms with van der Waals surface area (Å²) in [5.74, 6) is 3.04. The lowest BCUT2D eigenvalue weighted by atomic mass is 10.0. The molecular formula is C18H19N11O6S3. The van der Waals surface area contributed by atoms with Crippen molar-refractivity contribution in [3.8, 4) is 0 Å². The largest absolute Gasteiger partial charge is 0.477 e. The fourth-order valence-corrected chi connectivity index (χ4v) is 6.65. The van der Waals surface area contributed by atoms with Gasteiger partial charge in [0.2, 0.25) is 11.3 Å². The number of β-lactam (4-membered cyclic amide) rings is 1. The number of anilines is 1. The van der Waals surface area contributed by atoms with Crippen LogP contribution in [0.5, 0.6) is 0 Å². The molecule has 2 aromatic rings. The minimum Gasteiger partial charge on any atom is -0.477 e. The molecule has 5 rings (SSSR count). The fraction of sp³-hybridized carbons (Fsp3) is 0.389. The molecule has 3 aliphatic rings. The molecule has 17 nitrogen and oxygen atoms in total. The summed E-state index contributed by atoms with van der Waals surface area (Å²) in [5, 5.41) is 30.9. The third-order valence-corrected chi connectivity index (χ3v) is 8.66. The van der Waals surface area contributed by atoms with Crippen molar-refractivity contribution in [1.29, 1.82) is 0 Å². The number of aliphatic carboxylic acids is 1. The number of amides is 3. The van der Waals surface area contributed by atoms with E-state index in [1.807, 2.05) is 0 Å². The minimum atomic E-state index is -1.28. The summed E-state index contributed by atoms with van der Waals surface area (Å²) in [6, 6.07) is -1.02. The number of nitrogens with two attached hydrogens (primary N) is 2. The number of carboxylic acids is 1. The maximum Gasteiger partial charge on any atom is 0.352 e. The summed E-state index contributed by atoms with van der Waals surface area (Å²) in [5.41, 5.74) is 5.85. The molecule has 2 aromatic heterocycles. The predicted octanol–water partition coefficient (Wildman–Crippen LogP) is -2.43. The Hall–Kier alpha value is -3.91. The number of carbonyl (C=O) groups is 4. The van der Waals surface area contributed by atoms with E-state index in [2.05, 4.69) is 36.3 Å². The average molecular weight is 582 g/mol. The molecule has 7 N–H and O–H groups in total. The van der Waals surface area contributed by atoms with E-state index >= 15 is 0 Å². The molecule has 5 heterocycles. The van der Waals surface area contributed by atoms with E-state index in [0.717, 1.165) is 32.8 Å². The van der Waals surface area contributed by atoms with E-state index in [1.54, 1.807) is 0 Å². The quantitative estimate of drug-likeness (QED) is 0.0679. The van der Waals surface area contributed by atoms with E-state index in [9.17, 15) is 24.3 Å². The molecule has 38 heavy (non-hydrogen) atoms. The van der Waals surface area contributed by atoms with Crippen LogP contribution in [0, 0.1) is 0 Å². The summed E-state index contributed by atoms with van der Waals surface area (Å²) in [6.45, 7) is 0.415. The molecule has 0 aliphatic carbocycles. The maximum atomic E-state index is 13.2. The molecule has 0 aromatic carbocycles. The molecule has 0 bridgehead atoms. The lowest BCUT2D eigenvalue weighted by Crippen LogP contribution is -2.71. The molecule has 2 saturated heterocycles. The van der Waals surface area contributed by atoms with Crippen LogP contribution in [0.15, 0.2) is 27.0 Å². The molecule has 3 amide bonds. The Morgan fingerprint density at radius 3 is 2.84 bits per heavy atom. The topological polar surface area (TPSA) is 246 Å². The summed E-state index contributed by atoms with van der Waals surface area (Å²) >= 11 is 3.49. The highest BCUT2D eigenvalue weighted by molar-refractivity contribution is 8.01. The van der Waals surface area contributed by atoms with Crippen LogP contribution in [-0.4, -0.2) is 100 Å². The molecule has 20 heteroatoms. The van der Waals surface area contributed by atoms with Gasteiger partial charge in [0, 0.05) is 29.9 Å². The van der Waals surface area contributed by atoms with E-state index in [1.165, 1.54) is 17.1 Å². The minimum absolute atomic E-state index is 0.107. The van der Waals surface area contributed by atoms with Crippen molar-refractivity contribution in [2.24, 2.45) is 5.16 Å². The molecule has 0 spiro atoms. The highest BCUT2D eigenvalue weighted by Crippen LogP contribution is 2.41. The Balaban J connectivity index is 1.31. The van der Waals surface area contributed by atoms with Crippen molar-refractivity contribution in [3.63, 3.8) is 0 Å². The number of hydrogen-bond donors (Lipinski definition) is 5. The average Bonchev–Trinajstić information content (AvgIpc) is 3.62. The van der Waals surface area contributed by atoms with Gasteiger partial charge in [-0.2, -0.15) is 0 Å². The lowest BCUT2D eigenvalue weighted by Gasteiger charge is -2.49. The summed E-state index contributed by atoms with van der Waals surface area (Å²) in [4.78, 5) is 61.5. The summed E-state index contributed by atoms with van der Waals surface area (Å²) in [7, 11) is 0. The molecule has 0 saturated carbocycles. The second-order valence-corrected chi connectivity index (χ2v) is 10.9. The zero-order valence-electron chi connectivity index (χ0n) is 19.1. The first kappa shape index (κ1) is 25.7. The van der Waals surface area contributed by atoms with Gasteiger partial charge in [-0.1, -0.05) is 22.0 Å². The fourth-order valence-electron chi connectivity index (χ4n) is 3.83. The van der Waals surface area contributed by atoms with Gasteiger partial charge in [0.25, 0.3) is 17.7 Å². The number of thiazole rings is 1.